The topological polar surface area (TPSA) is 3.24 Å². The fourth-order valence-corrected chi connectivity index (χ4v) is 4.28. The van der Waals surface area contributed by atoms with E-state index >= 15 is 0 Å². The smallest absolute Gasteiger partial charge is 0.160 e. The summed E-state index contributed by atoms with van der Waals surface area (Å²) in [6.45, 7) is -0.874. The molecule has 0 spiro atoms. The van der Waals surface area contributed by atoms with Crippen LogP contribution in [0, 0.1) is 0 Å². The van der Waals surface area contributed by atoms with Gasteiger partial charge in [-0.1, -0.05) is 35.3 Å². The van der Waals surface area contributed by atoms with Gasteiger partial charge in [-0.2, -0.15) is 0 Å². The van der Waals surface area contributed by atoms with Gasteiger partial charge in [-0.25, -0.2) is 0 Å². The van der Waals surface area contributed by atoms with Gasteiger partial charge in [0.1, 0.15) is 0 Å². The molecular weight excluding hydrogens is 212 g/mol. The maximum Gasteiger partial charge on any atom is 0.160 e. The Labute approximate surface area is 84.8 Å². The molecule has 1 nitrogen and oxygen atoms in total. The lowest BCUT2D eigenvalue weighted by atomic mass is 9.87. The molecule has 0 aromatic carbocycles. The van der Waals surface area contributed by atoms with E-state index < -0.39 is 6.78 Å². The largest absolute Gasteiger partial charge is 0.251 e. The molecule has 2 aliphatic rings. The third-order valence-electron chi connectivity index (χ3n) is 3.07. The highest BCUT2D eigenvalue weighted by atomic mass is 35.9. The lowest BCUT2D eigenvalue weighted by Gasteiger charge is -2.46. The molecule has 4 heteroatoms. The van der Waals surface area contributed by atoms with Crippen LogP contribution in [0.25, 0.3) is 0 Å². The zero-order chi connectivity index (χ0) is 8.55. The van der Waals surface area contributed by atoms with E-state index in [1.54, 1.807) is 0 Å². The summed E-state index contributed by atoms with van der Waals surface area (Å²) in [5.41, 5.74) is 0. The Morgan fingerprint density at radius 2 is 1.33 bits per heavy atom. The van der Waals surface area contributed by atoms with E-state index in [4.69, 9.17) is 22.5 Å². The fraction of sp³-hybridized carbons (Fsp3) is 1.00. The van der Waals surface area contributed by atoms with Crippen molar-refractivity contribution in [2.75, 3.05) is 0 Å². The second kappa shape index (κ2) is 4.00. The Bertz CT molecular complexity index is 143. The highest BCUT2D eigenvalue weighted by Crippen LogP contribution is 2.57. The normalized spacial score (nSPS) is 26.0. The fourth-order valence-electron chi connectivity index (χ4n) is 1.85. The van der Waals surface area contributed by atoms with Gasteiger partial charge in [0.25, 0.3) is 0 Å². The van der Waals surface area contributed by atoms with Gasteiger partial charge in [0.2, 0.25) is 0 Å². The van der Waals surface area contributed by atoms with Crippen molar-refractivity contribution in [1.82, 2.24) is 4.67 Å². The molecule has 0 aromatic heterocycles. The minimum Gasteiger partial charge on any atom is -0.251 e. The van der Waals surface area contributed by atoms with Crippen LogP contribution in [0.15, 0.2) is 0 Å². The predicted molar refractivity (Wildman–Crippen MR) is 55.7 cm³/mol. The van der Waals surface area contributed by atoms with E-state index in [9.17, 15) is 0 Å². The van der Waals surface area contributed by atoms with Gasteiger partial charge in [0, 0.05) is 12.1 Å². The second-order valence-electron chi connectivity index (χ2n) is 3.76. The third kappa shape index (κ3) is 1.75. The maximum atomic E-state index is 6.01. The van der Waals surface area contributed by atoms with Gasteiger partial charge < -0.3 is 0 Å². The van der Waals surface area contributed by atoms with Gasteiger partial charge in [-0.05, 0) is 25.7 Å². The molecule has 0 radical (unpaired) electrons. The van der Waals surface area contributed by atoms with E-state index in [0.717, 1.165) is 12.1 Å². The first-order valence-corrected chi connectivity index (χ1v) is 7.79. The SMILES string of the molecule is ClP(Cl)N(C1CCC1)C1CCC1. The Hall–Kier alpha value is 0.970. The maximum absolute atomic E-state index is 6.01. The van der Waals surface area contributed by atoms with Crippen molar-refractivity contribution in [2.45, 2.75) is 50.6 Å². The highest BCUT2D eigenvalue weighted by Gasteiger charge is 2.37. The molecule has 70 valence electrons. The molecule has 0 saturated heterocycles. The lowest BCUT2D eigenvalue weighted by Crippen LogP contribution is -2.44. The predicted octanol–water partition coefficient (Wildman–Crippen LogP) is 4.10. The summed E-state index contributed by atoms with van der Waals surface area (Å²) in [5.74, 6) is 0. The average molecular weight is 226 g/mol. The van der Waals surface area contributed by atoms with Crippen molar-refractivity contribution >= 4 is 29.3 Å². The van der Waals surface area contributed by atoms with Crippen LogP contribution in [0.2, 0.25) is 0 Å². The molecule has 0 amide bonds. The molecular formula is C8H14Cl2NP. The summed E-state index contributed by atoms with van der Waals surface area (Å²) in [6.07, 6.45) is 7.99. The van der Waals surface area contributed by atoms with Gasteiger partial charge in [0.15, 0.2) is 6.78 Å². The summed E-state index contributed by atoms with van der Waals surface area (Å²) in [4.78, 5) is 0. The molecule has 0 aromatic rings. The molecule has 12 heavy (non-hydrogen) atoms. The number of hydrogen-bond donors (Lipinski definition) is 0. The second-order valence-corrected chi connectivity index (χ2v) is 7.10. The van der Waals surface area contributed by atoms with E-state index in [-0.39, 0.29) is 0 Å². The first kappa shape index (κ1) is 9.52. The van der Waals surface area contributed by atoms with E-state index in [1.165, 1.54) is 38.5 Å². The van der Waals surface area contributed by atoms with Crippen LogP contribution in [0.5, 0.6) is 0 Å². The Kier molecular flexibility index (Phi) is 3.18. The summed E-state index contributed by atoms with van der Waals surface area (Å²) in [7, 11) is 0. The van der Waals surface area contributed by atoms with Crippen LogP contribution in [0.1, 0.15) is 38.5 Å². The highest BCUT2D eigenvalue weighted by molar-refractivity contribution is 8.02. The van der Waals surface area contributed by atoms with Crippen molar-refractivity contribution in [3.05, 3.63) is 0 Å². The Morgan fingerprint density at radius 3 is 1.50 bits per heavy atom. The first-order chi connectivity index (χ1) is 5.79. The van der Waals surface area contributed by atoms with Crippen molar-refractivity contribution in [3.8, 4) is 0 Å². The molecule has 2 aliphatic carbocycles. The van der Waals surface area contributed by atoms with Crippen molar-refractivity contribution < 1.29 is 0 Å². The first-order valence-electron chi connectivity index (χ1n) is 4.69. The Morgan fingerprint density at radius 1 is 0.917 bits per heavy atom. The van der Waals surface area contributed by atoms with E-state index in [0.29, 0.717) is 0 Å². The van der Waals surface area contributed by atoms with Crippen LogP contribution in [0.4, 0.5) is 0 Å². The number of nitrogens with zero attached hydrogens (tertiary/aromatic N) is 1. The number of halogens is 2. The Balaban J connectivity index is 1.91. The van der Waals surface area contributed by atoms with Crippen molar-refractivity contribution in [2.24, 2.45) is 0 Å². The van der Waals surface area contributed by atoms with Gasteiger partial charge in [-0.15, -0.1) is 0 Å². The minimum absolute atomic E-state index is 0.719. The average Bonchev–Trinajstić information content (AvgIpc) is 1.77. The van der Waals surface area contributed by atoms with Gasteiger partial charge >= 0.3 is 0 Å². The molecule has 0 atom stereocenters. The quantitative estimate of drug-likeness (QED) is 0.655. The van der Waals surface area contributed by atoms with Crippen LogP contribution in [-0.2, 0) is 0 Å². The number of hydrogen-bond acceptors (Lipinski definition) is 1. The summed E-state index contributed by atoms with van der Waals surface area (Å²) < 4.78 is 2.38. The molecule has 0 N–H and O–H groups in total. The third-order valence-corrected chi connectivity index (χ3v) is 5.12. The molecule has 2 fully saturated rings. The zero-order valence-electron chi connectivity index (χ0n) is 7.05. The van der Waals surface area contributed by atoms with Crippen molar-refractivity contribution in [1.29, 1.82) is 0 Å². The summed E-state index contributed by atoms with van der Waals surface area (Å²) >= 11 is 12.0. The standard InChI is InChI=1S/C8H14Cl2NP/c9-12(10)11(7-3-1-4-7)8-5-2-6-8/h7-8H,1-6H2. The molecule has 0 heterocycles. The van der Waals surface area contributed by atoms with Gasteiger partial charge in [0.05, 0.1) is 0 Å². The molecule has 0 unspecified atom stereocenters. The molecule has 0 bridgehead atoms. The van der Waals surface area contributed by atoms with Crippen LogP contribution >= 0.6 is 29.3 Å². The van der Waals surface area contributed by atoms with Gasteiger partial charge in [-0.3, -0.25) is 4.67 Å². The minimum atomic E-state index is -0.874. The zero-order valence-corrected chi connectivity index (χ0v) is 9.45. The van der Waals surface area contributed by atoms with Crippen LogP contribution < -0.4 is 0 Å². The summed E-state index contributed by atoms with van der Waals surface area (Å²) in [6, 6.07) is 1.44. The van der Waals surface area contributed by atoms with Crippen LogP contribution in [0.3, 0.4) is 0 Å². The lowest BCUT2D eigenvalue weighted by molar-refractivity contribution is 0.134. The molecule has 2 rings (SSSR count). The van der Waals surface area contributed by atoms with E-state index in [2.05, 4.69) is 4.67 Å². The monoisotopic (exact) mass is 225 g/mol. The summed E-state index contributed by atoms with van der Waals surface area (Å²) in [5, 5.41) is 0. The van der Waals surface area contributed by atoms with Crippen molar-refractivity contribution in [3.63, 3.8) is 0 Å². The van der Waals surface area contributed by atoms with Crippen LogP contribution in [-0.4, -0.2) is 16.8 Å². The van der Waals surface area contributed by atoms with E-state index in [1.807, 2.05) is 0 Å². The number of rotatable bonds is 3. The molecule has 2 saturated carbocycles. The molecule has 0 aliphatic heterocycles.